The van der Waals surface area contributed by atoms with Crippen LogP contribution < -0.4 is 21.1 Å². The zero-order valence-electron chi connectivity index (χ0n) is 14.3. The summed E-state index contributed by atoms with van der Waals surface area (Å²) in [6.45, 7) is 6.24. The van der Waals surface area contributed by atoms with Crippen molar-refractivity contribution in [2.24, 2.45) is 11.1 Å². The van der Waals surface area contributed by atoms with E-state index in [0.29, 0.717) is 11.9 Å². The van der Waals surface area contributed by atoms with Crippen molar-refractivity contribution in [3.05, 3.63) is 54.6 Å². The molecule has 23 heavy (non-hydrogen) atoms. The van der Waals surface area contributed by atoms with Crippen LogP contribution in [0.15, 0.2) is 54.6 Å². The van der Waals surface area contributed by atoms with E-state index in [0.717, 1.165) is 10.6 Å². The van der Waals surface area contributed by atoms with Gasteiger partial charge in [0.1, 0.15) is 12.9 Å². The molecule has 0 spiro atoms. The second-order valence-corrected chi connectivity index (χ2v) is 9.74. The van der Waals surface area contributed by atoms with Gasteiger partial charge in [-0.2, -0.15) is 0 Å². The fourth-order valence-electron chi connectivity index (χ4n) is 2.49. The molecule has 0 fully saturated rings. The second kappa shape index (κ2) is 6.90. The average Bonchev–Trinajstić information content (AvgIpc) is 2.54. The third-order valence-corrected chi connectivity index (χ3v) is 7.40. The zero-order chi connectivity index (χ0) is 17.1. The van der Waals surface area contributed by atoms with E-state index in [-0.39, 0.29) is 11.5 Å². The minimum atomic E-state index is -2.88. The van der Waals surface area contributed by atoms with Crippen LogP contribution in [0.5, 0.6) is 5.75 Å². The van der Waals surface area contributed by atoms with Gasteiger partial charge in [-0.3, -0.25) is 0 Å². The summed E-state index contributed by atoms with van der Waals surface area (Å²) in [7, 11) is -1.27. The van der Waals surface area contributed by atoms with Crippen LogP contribution in [0.1, 0.15) is 20.8 Å². The van der Waals surface area contributed by atoms with Gasteiger partial charge in [0.2, 0.25) is 0 Å². The summed E-state index contributed by atoms with van der Waals surface area (Å²) >= 11 is 0. The van der Waals surface area contributed by atoms with Gasteiger partial charge in [-0.05, 0) is 17.5 Å². The molecule has 0 aliphatic heterocycles. The standard InChI is InChI=1S/C19H26NO2P/c1-19(2,3)18(20)14-23(21,15-10-6-5-7-11-15)17-13-9-8-12-16(17)22-4/h5-13,18H,14,20H2,1-4H3/t18-,23-/m1/s1. The molecule has 3 nitrogen and oxygen atoms in total. The first-order valence-corrected chi connectivity index (χ1v) is 9.72. The van der Waals surface area contributed by atoms with Gasteiger partial charge in [0.05, 0.1) is 12.4 Å². The Morgan fingerprint density at radius 1 is 1.04 bits per heavy atom. The predicted octanol–water partition coefficient (Wildman–Crippen LogP) is 3.38. The van der Waals surface area contributed by atoms with Crippen molar-refractivity contribution in [2.75, 3.05) is 13.3 Å². The SMILES string of the molecule is COc1ccccc1[P@@](=O)(C[C@@H](N)C(C)(C)C)c1ccccc1. The zero-order valence-corrected chi connectivity index (χ0v) is 15.2. The maximum Gasteiger partial charge on any atom is 0.148 e. The molecule has 0 aromatic heterocycles. The molecule has 4 heteroatoms. The summed E-state index contributed by atoms with van der Waals surface area (Å²) < 4.78 is 19.6. The number of methoxy groups -OCH3 is 1. The maximum atomic E-state index is 14.1. The highest BCUT2D eigenvalue weighted by molar-refractivity contribution is 7.79. The van der Waals surface area contributed by atoms with Crippen LogP contribution in [0.3, 0.4) is 0 Å². The van der Waals surface area contributed by atoms with E-state index >= 15 is 0 Å². The van der Waals surface area contributed by atoms with E-state index in [1.165, 1.54) is 0 Å². The first kappa shape index (κ1) is 17.8. The van der Waals surface area contributed by atoms with Crippen LogP contribution >= 0.6 is 7.14 Å². The fraction of sp³-hybridized carbons (Fsp3) is 0.368. The number of rotatable bonds is 5. The average molecular weight is 331 g/mol. The van der Waals surface area contributed by atoms with Crippen LogP contribution in [-0.4, -0.2) is 19.3 Å². The van der Waals surface area contributed by atoms with Gasteiger partial charge in [0, 0.05) is 17.5 Å². The van der Waals surface area contributed by atoms with E-state index < -0.39 is 7.14 Å². The molecule has 2 N–H and O–H groups in total. The van der Waals surface area contributed by atoms with Gasteiger partial charge >= 0.3 is 0 Å². The number of hydrogen-bond donors (Lipinski definition) is 1. The van der Waals surface area contributed by atoms with Crippen LogP contribution in [0.2, 0.25) is 0 Å². The van der Waals surface area contributed by atoms with Crippen molar-refractivity contribution in [1.82, 2.24) is 0 Å². The molecule has 0 heterocycles. The Kier molecular flexibility index (Phi) is 5.33. The van der Waals surface area contributed by atoms with Gasteiger partial charge in [0.25, 0.3) is 0 Å². The third-order valence-electron chi connectivity index (χ3n) is 4.21. The summed E-state index contributed by atoms with van der Waals surface area (Å²) in [5, 5.41) is 1.57. The normalized spacial score (nSPS) is 15.7. The number of benzene rings is 2. The molecule has 0 bridgehead atoms. The fourth-order valence-corrected chi connectivity index (χ4v) is 5.78. The van der Waals surface area contributed by atoms with Crippen LogP contribution in [0, 0.1) is 5.41 Å². The molecule has 0 radical (unpaired) electrons. The van der Waals surface area contributed by atoms with E-state index in [4.69, 9.17) is 10.5 Å². The molecule has 2 atom stereocenters. The molecule has 0 saturated carbocycles. The molecule has 2 aromatic rings. The predicted molar refractivity (Wildman–Crippen MR) is 98.6 cm³/mol. The first-order chi connectivity index (χ1) is 10.8. The van der Waals surface area contributed by atoms with Crippen LogP contribution in [-0.2, 0) is 4.57 Å². The Labute approximate surface area is 139 Å². The summed E-state index contributed by atoms with van der Waals surface area (Å²) in [6.07, 6.45) is 0.418. The largest absolute Gasteiger partial charge is 0.496 e. The highest BCUT2D eigenvalue weighted by Crippen LogP contribution is 2.47. The third kappa shape index (κ3) is 3.85. The molecular weight excluding hydrogens is 305 g/mol. The van der Waals surface area contributed by atoms with Crippen molar-refractivity contribution >= 4 is 17.8 Å². The van der Waals surface area contributed by atoms with Crippen molar-refractivity contribution < 1.29 is 9.30 Å². The summed E-state index contributed by atoms with van der Waals surface area (Å²) in [6, 6.07) is 17.0. The van der Waals surface area contributed by atoms with Crippen molar-refractivity contribution in [1.29, 1.82) is 0 Å². The Balaban J connectivity index is 2.59. The van der Waals surface area contributed by atoms with E-state index in [1.54, 1.807) is 7.11 Å². The van der Waals surface area contributed by atoms with E-state index in [2.05, 4.69) is 20.8 Å². The number of nitrogens with two attached hydrogens (primary N) is 1. The lowest BCUT2D eigenvalue weighted by atomic mass is 9.89. The lowest BCUT2D eigenvalue weighted by Crippen LogP contribution is -2.40. The van der Waals surface area contributed by atoms with Crippen molar-refractivity contribution in [2.45, 2.75) is 26.8 Å². The van der Waals surface area contributed by atoms with Gasteiger partial charge in [-0.1, -0.05) is 63.2 Å². The Hall–Kier alpha value is -1.57. The highest BCUT2D eigenvalue weighted by Gasteiger charge is 2.35. The molecule has 2 rings (SSSR count). The quantitative estimate of drug-likeness (QED) is 0.855. The number of hydrogen-bond acceptors (Lipinski definition) is 3. The number of ether oxygens (including phenoxy) is 1. The minimum absolute atomic E-state index is 0.119. The molecule has 0 saturated heterocycles. The molecule has 0 aliphatic rings. The summed E-state index contributed by atoms with van der Waals surface area (Å²) in [5.74, 6) is 0.654. The first-order valence-electron chi connectivity index (χ1n) is 7.83. The molecule has 2 aromatic carbocycles. The second-order valence-electron chi connectivity index (χ2n) is 6.90. The van der Waals surface area contributed by atoms with Crippen LogP contribution in [0.4, 0.5) is 0 Å². The van der Waals surface area contributed by atoms with E-state index in [1.807, 2.05) is 54.6 Å². The van der Waals surface area contributed by atoms with Crippen LogP contribution in [0.25, 0.3) is 0 Å². The van der Waals surface area contributed by atoms with Crippen molar-refractivity contribution in [3.63, 3.8) is 0 Å². The Bertz CT molecular complexity index is 692. The van der Waals surface area contributed by atoms with Gasteiger partial charge < -0.3 is 15.0 Å². The van der Waals surface area contributed by atoms with Gasteiger partial charge in [0.15, 0.2) is 0 Å². The van der Waals surface area contributed by atoms with Gasteiger partial charge in [-0.15, -0.1) is 0 Å². The summed E-state index contributed by atoms with van der Waals surface area (Å²) in [5.41, 5.74) is 6.27. The minimum Gasteiger partial charge on any atom is -0.496 e. The topological polar surface area (TPSA) is 52.3 Å². The summed E-state index contributed by atoms with van der Waals surface area (Å²) in [4.78, 5) is 0. The Morgan fingerprint density at radius 3 is 2.17 bits per heavy atom. The molecular formula is C19H26NO2P. The molecule has 124 valence electrons. The smallest absolute Gasteiger partial charge is 0.148 e. The monoisotopic (exact) mass is 331 g/mol. The molecule has 0 aliphatic carbocycles. The Morgan fingerprint density at radius 2 is 1.61 bits per heavy atom. The lowest BCUT2D eigenvalue weighted by molar-refractivity contribution is 0.341. The van der Waals surface area contributed by atoms with E-state index in [9.17, 15) is 4.57 Å². The lowest BCUT2D eigenvalue weighted by Gasteiger charge is -2.31. The molecule has 0 amide bonds. The highest BCUT2D eigenvalue weighted by atomic mass is 31.2. The molecule has 0 unspecified atom stereocenters. The van der Waals surface area contributed by atoms with Crippen molar-refractivity contribution in [3.8, 4) is 5.75 Å². The van der Waals surface area contributed by atoms with Gasteiger partial charge in [-0.25, -0.2) is 0 Å². The number of para-hydroxylation sites is 1. The maximum absolute atomic E-state index is 14.1.